The number of amides is 1. The molecule has 2 aliphatic heterocycles. The van der Waals surface area contributed by atoms with Gasteiger partial charge in [-0.25, -0.2) is 0 Å². The van der Waals surface area contributed by atoms with Crippen molar-refractivity contribution in [2.45, 2.75) is 17.9 Å². The predicted octanol–water partition coefficient (Wildman–Crippen LogP) is 4.74. The van der Waals surface area contributed by atoms with Crippen molar-refractivity contribution in [2.24, 2.45) is 4.99 Å². The van der Waals surface area contributed by atoms with Gasteiger partial charge in [0.1, 0.15) is 11.4 Å². The molecular weight excluding hydrogens is 367 g/mol. The number of hydrogen-bond acceptors (Lipinski definition) is 2. The van der Waals surface area contributed by atoms with E-state index < -0.39 is 5.54 Å². The fourth-order valence-corrected chi connectivity index (χ4v) is 4.54. The fraction of sp³-hybridized carbons (Fsp3) is 0.143. The van der Waals surface area contributed by atoms with Crippen LogP contribution >= 0.6 is 23.2 Å². The molecule has 0 radical (unpaired) electrons. The lowest BCUT2D eigenvalue weighted by molar-refractivity contribution is -0.125. The molecule has 5 heteroatoms. The quantitative estimate of drug-likeness (QED) is 0.769. The van der Waals surface area contributed by atoms with E-state index in [1.807, 2.05) is 71.8 Å². The highest BCUT2D eigenvalue weighted by molar-refractivity contribution is 6.31. The van der Waals surface area contributed by atoms with Crippen LogP contribution in [0.1, 0.15) is 22.6 Å². The number of nitrogens with zero attached hydrogens (tertiary/aromatic N) is 2. The molecule has 128 valence electrons. The summed E-state index contributed by atoms with van der Waals surface area (Å²) in [6.45, 7) is 0. The van der Waals surface area contributed by atoms with Crippen LogP contribution in [0, 0.1) is 0 Å². The van der Waals surface area contributed by atoms with Gasteiger partial charge in [0, 0.05) is 28.6 Å². The normalized spacial score (nSPS) is 25.2. The maximum atomic E-state index is 13.2. The van der Waals surface area contributed by atoms with Crippen molar-refractivity contribution in [2.75, 3.05) is 0 Å². The highest BCUT2D eigenvalue weighted by atomic mass is 35.5. The molecule has 0 bridgehead atoms. The van der Waals surface area contributed by atoms with Gasteiger partial charge < -0.3 is 4.90 Å². The summed E-state index contributed by atoms with van der Waals surface area (Å²) in [5.74, 6) is 0.531. The number of carbonyl (C=O) groups excluding carboxylic acids is 1. The first-order valence-corrected chi connectivity index (χ1v) is 9.16. The second-order valence-electron chi connectivity index (χ2n) is 6.78. The van der Waals surface area contributed by atoms with E-state index in [1.165, 1.54) is 0 Å². The minimum absolute atomic E-state index is 0.0288. The van der Waals surface area contributed by atoms with Gasteiger partial charge in [0.25, 0.3) is 5.91 Å². The van der Waals surface area contributed by atoms with Gasteiger partial charge in [-0.05, 0) is 53.1 Å². The second-order valence-corrected chi connectivity index (χ2v) is 7.66. The summed E-state index contributed by atoms with van der Waals surface area (Å²) in [6.07, 6.45) is 8.17. The van der Waals surface area contributed by atoms with Crippen molar-refractivity contribution < 1.29 is 4.79 Å². The standard InChI is InChI=1S/C21H14Cl2N2O/c22-14-5-3-4-13(10-14)12-21(19-16-8-7-15(23)11-17(16)19)20(26)24-18-6-1-2-9-25(18)21/h1-11,19H,12H2. The Labute approximate surface area is 161 Å². The molecule has 0 saturated carbocycles. The van der Waals surface area contributed by atoms with Crippen LogP contribution in [-0.2, 0) is 11.2 Å². The zero-order chi connectivity index (χ0) is 17.9. The molecule has 5 rings (SSSR count). The molecule has 2 aromatic rings. The van der Waals surface area contributed by atoms with Gasteiger partial charge in [-0.15, -0.1) is 0 Å². The number of carbonyl (C=O) groups is 1. The molecule has 2 heterocycles. The van der Waals surface area contributed by atoms with Crippen LogP contribution in [0.15, 0.2) is 71.9 Å². The monoisotopic (exact) mass is 380 g/mol. The van der Waals surface area contributed by atoms with Crippen LogP contribution in [0.2, 0.25) is 10.0 Å². The lowest BCUT2D eigenvalue weighted by Crippen LogP contribution is -2.52. The Balaban J connectivity index is 1.64. The molecule has 2 aromatic carbocycles. The molecule has 0 spiro atoms. The number of hydrogen-bond donors (Lipinski definition) is 0. The lowest BCUT2D eigenvalue weighted by Gasteiger charge is -2.37. The summed E-state index contributed by atoms with van der Waals surface area (Å²) in [4.78, 5) is 19.6. The van der Waals surface area contributed by atoms with E-state index >= 15 is 0 Å². The SMILES string of the molecule is O=C1N=C2C=CC=CN2C1(Cc1cccc(Cl)c1)C1c2ccc(Cl)cc21. The van der Waals surface area contributed by atoms with E-state index in [0.717, 1.165) is 16.7 Å². The smallest absolute Gasteiger partial charge is 0.275 e. The molecule has 0 fully saturated rings. The largest absolute Gasteiger partial charge is 0.316 e. The van der Waals surface area contributed by atoms with Crippen LogP contribution in [-0.4, -0.2) is 22.2 Å². The molecule has 0 saturated heterocycles. The minimum Gasteiger partial charge on any atom is -0.316 e. The van der Waals surface area contributed by atoms with Gasteiger partial charge in [0.05, 0.1) is 0 Å². The number of rotatable bonds is 3. The third-order valence-corrected chi connectivity index (χ3v) is 5.75. The molecule has 1 aliphatic carbocycles. The van der Waals surface area contributed by atoms with Gasteiger partial charge in [0.2, 0.25) is 0 Å². The summed E-state index contributed by atoms with van der Waals surface area (Å²) in [5, 5.41) is 1.35. The first-order chi connectivity index (χ1) is 12.6. The molecule has 1 amide bonds. The van der Waals surface area contributed by atoms with Crippen molar-refractivity contribution in [3.63, 3.8) is 0 Å². The Kier molecular flexibility index (Phi) is 3.40. The maximum Gasteiger partial charge on any atom is 0.275 e. The number of allylic oxidation sites excluding steroid dienone is 2. The Bertz CT molecular complexity index is 1040. The van der Waals surface area contributed by atoms with Gasteiger partial charge in [-0.2, -0.15) is 4.99 Å². The molecular formula is C21H14Cl2N2O. The zero-order valence-electron chi connectivity index (χ0n) is 13.7. The summed E-state index contributed by atoms with van der Waals surface area (Å²) >= 11 is 12.4. The van der Waals surface area contributed by atoms with E-state index in [4.69, 9.17) is 23.2 Å². The van der Waals surface area contributed by atoms with Crippen molar-refractivity contribution >= 4 is 34.9 Å². The third kappa shape index (κ3) is 2.21. The second kappa shape index (κ2) is 5.57. The summed E-state index contributed by atoms with van der Waals surface area (Å²) in [7, 11) is 0. The van der Waals surface area contributed by atoms with Crippen LogP contribution in [0.5, 0.6) is 0 Å². The third-order valence-electron chi connectivity index (χ3n) is 5.28. The Hall–Kier alpha value is -2.36. The molecule has 26 heavy (non-hydrogen) atoms. The Morgan fingerprint density at radius 2 is 1.88 bits per heavy atom. The number of aliphatic imine (C=N–C) groups is 1. The predicted molar refractivity (Wildman–Crippen MR) is 104 cm³/mol. The van der Waals surface area contributed by atoms with Gasteiger partial charge in [-0.3, -0.25) is 4.79 Å². The van der Waals surface area contributed by atoms with Crippen LogP contribution in [0.25, 0.3) is 0 Å². The maximum absolute atomic E-state index is 13.2. The summed E-state index contributed by atoms with van der Waals surface area (Å²) < 4.78 is 0. The van der Waals surface area contributed by atoms with E-state index in [9.17, 15) is 4.79 Å². The van der Waals surface area contributed by atoms with Crippen molar-refractivity contribution in [3.8, 4) is 0 Å². The average molecular weight is 381 g/mol. The minimum atomic E-state index is -0.811. The number of amidine groups is 1. The number of benzene rings is 2. The van der Waals surface area contributed by atoms with Crippen LogP contribution in [0.4, 0.5) is 0 Å². The molecule has 2 unspecified atom stereocenters. The number of fused-ring (bicyclic) bond motifs is 2. The first-order valence-electron chi connectivity index (χ1n) is 8.41. The Morgan fingerprint density at radius 1 is 1.04 bits per heavy atom. The van der Waals surface area contributed by atoms with Crippen LogP contribution < -0.4 is 0 Å². The summed E-state index contributed by atoms with van der Waals surface area (Å²) in [6, 6.07) is 13.5. The van der Waals surface area contributed by atoms with E-state index in [2.05, 4.69) is 4.99 Å². The van der Waals surface area contributed by atoms with Gasteiger partial charge in [-0.1, -0.05) is 47.5 Å². The Morgan fingerprint density at radius 3 is 2.69 bits per heavy atom. The van der Waals surface area contributed by atoms with E-state index in [-0.39, 0.29) is 11.8 Å². The van der Waals surface area contributed by atoms with Crippen molar-refractivity contribution in [3.05, 3.63) is 93.6 Å². The summed E-state index contributed by atoms with van der Waals surface area (Å²) in [5.41, 5.74) is 2.47. The van der Waals surface area contributed by atoms with Gasteiger partial charge in [0.15, 0.2) is 0 Å². The fourth-order valence-electron chi connectivity index (χ4n) is 4.15. The average Bonchev–Trinajstić information content (AvgIpc) is 3.26. The van der Waals surface area contributed by atoms with Crippen molar-refractivity contribution in [1.29, 1.82) is 0 Å². The van der Waals surface area contributed by atoms with E-state index in [0.29, 0.717) is 22.3 Å². The highest BCUT2D eigenvalue weighted by Gasteiger charge is 2.61. The lowest BCUT2D eigenvalue weighted by atomic mass is 9.82. The molecule has 0 aromatic heterocycles. The van der Waals surface area contributed by atoms with Crippen LogP contribution in [0.3, 0.4) is 0 Å². The molecule has 3 aliphatic rings. The highest BCUT2D eigenvalue weighted by Crippen LogP contribution is 2.56. The van der Waals surface area contributed by atoms with Crippen molar-refractivity contribution in [1.82, 2.24) is 4.90 Å². The van der Waals surface area contributed by atoms with Gasteiger partial charge >= 0.3 is 0 Å². The van der Waals surface area contributed by atoms with E-state index in [1.54, 1.807) is 0 Å². The molecule has 0 N–H and O–H groups in total. The molecule has 2 atom stereocenters. The first kappa shape index (κ1) is 15.9. The topological polar surface area (TPSA) is 32.7 Å². The molecule has 3 nitrogen and oxygen atoms in total. The zero-order valence-corrected chi connectivity index (χ0v) is 15.2. The number of halogens is 2.